The van der Waals surface area contributed by atoms with Crippen molar-refractivity contribution in [1.29, 1.82) is 0 Å². The molecule has 1 aliphatic carbocycles. The molecule has 0 radical (unpaired) electrons. The van der Waals surface area contributed by atoms with Crippen LogP contribution < -0.4 is 10.1 Å². The van der Waals surface area contributed by atoms with Crippen LogP contribution in [-0.4, -0.2) is 35.4 Å². The molecule has 200 valence electrons. The molecule has 3 aromatic carbocycles. The number of rotatable bonds is 10. The number of nitrogens with one attached hydrogen (secondary N) is 1. The lowest BCUT2D eigenvalue weighted by Crippen LogP contribution is -2.53. The average Bonchev–Trinajstić information content (AvgIpc) is 3.40. The van der Waals surface area contributed by atoms with E-state index < -0.39 is 6.04 Å². The highest BCUT2D eigenvalue weighted by atomic mass is 79.9. The minimum atomic E-state index is -0.796. The molecule has 0 bridgehead atoms. The lowest BCUT2D eigenvalue weighted by Gasteiger charge is -2.32. The molecule has 1 atom stereocenters. The van der Waals surface area contributed by atoms with Crippen LogP contribution in [0.5, 0.6) is 5.75 Å². The highest BCUT2D eigenvalue weighted by molar-refractivity contribution is 9.10. The molecular weight excluding hydrogens is 611 g/mol. The second-order valence-electron chi connectivity index (χ2n) is 9.28. The summed E-state index contributed by atoms with van der Waals surface area (Å²) in [6.45, 7) is -0.234. The van der Waals surface area contributed by atoms with Crippen LogP contribution in [-0.2, 0) is 22.6 Å². The predicted molar refractivity (Wildman–Crippen MR) is 156 cm³/mol. The van der Waals surface area contributed by atoms with E-state index in [0.717, 1.165) is 31.2 Å². The molecule has 0 unspecified atom stereocenters. The third-order valence-corrected chi connectivity index (χ3v) is 8.17. The first-order valence-corrected chi connectivity index (χ1v) is 14.4. The third kappa shape index (κ3) is 7.66. The molecule has 2 amide bonds. The standard InChI is InChI=1S/C29H28BrCl3N2O3/c30-23-16-20(31)13-14-27(23)38-18-28(36)35(17-22-24(32)11-6-12-25(22)33)26(15-19-7-2-1-3-8-19)29(37)34-21-9-4-5-10-21/h1-3,6-8,11-14,16,21,26H,4-5,9-10,15,17-18H2,(H,34,37)/t26-/m0/s1. The Kier molecular flexibility index (Phi) is 10.4. The monoisotopic (exact) mass is 636 g/mol. The van der Waals surface area contributed by atoms with Gasteiger partial charge in [-0.3, -0.25) is 9.59 Å². The topological polar surface area (TPSA) is 58.6 Å². The van der Waals surface area contributed by atoms with Gasteiger partial charge in [-0.25, -0.2) is 0 Å². The Labute approximate surface area is 246 Å². The highest BCUT2D eigenvalue weighted by Crippen LogP contribution is 2.30. The molecule has 1 saturated carbocycles. The van der Waals surface area contributed by atoms with Gasteiger partial charge in [-0.2, -0.15) is 0 Å². The van der Waals surface area contributed by atoms with Crippen molar-refractivity contribution in [3.8, 4) is 5.75 Å². The summed E-state index contributed by atoms with van der Waals surface area (Å²) in [5.74, 6) is -0.108. The largest absolute Gasteiger partial charge is 0.483 e. The van der Waals surface area contributed by atoms with E-state index in [0.29, 0.717) is 37.3 Å². The molecular formula is C29H28BrCl3N2O3. The van der Waals surface area contributed by atoms with Crippen molar-refractivity contribution in [2.75, 3.05) is 6.61 Å². The van der Waals surface area contributed by atoms with E-state index in [4.69, 9.17) is 39.5 Å². The quantitative estimate of drug-likeness (QED) is 0.251. The summed E-state index contributed by atoms with van der Waals surface area (Å²) >= 11 is 22.5. The van der Waals surface area contributed by atoms with Crippen LogP contribution in [0.25, 0.3) is 0 Å². The van der Waals surface area contributed by atoms with Gasteiger partial charge in [0, 0.05) is 39.6 Å². The van der Waals surface area contributed by atoms with E-state index in [2.05, 4.69) is 21.2 Å². The normalized spacial score (nSPS) is 14.2. The SMILES string of the molecule is O=C(NC1CCCC1)[C@H](Cc1ccccc1)N(Cc1c(Cl)cccc1Cl)C(=O)COc1ccc(Cl)cc1Br. The fourth-order valence-electron chi connectivity index (χ4n) is 4.59. The lowest BCUT2D eigenvalue weighted by atomic mass is 10.0. The number of benzene rings is 3. The fourth-order valence-corrected chi connectivity index (χ4v) is 5.90. The molecule has 0 saturated heterocycles. The van der Waals surface area contributed by atoms with Gasteiger partial charge >= 0.3 is 0 Å². The number of amides is 2. The maximum absolute atomic E-state index is 13.8. The van der Waals surface area contributed by atoms with Crippen LogP contribution in [0, 0.1) is 0 Å². The number of halogens is 4. The second-order valence-corrected chi connectivity index (χ2v) is 11.4. The van der Waals surface area contributed by atoms with Crippen LogP contribution in [0.15, 0.2) is 71.2 Å². The first-order valence-electron chi connectivity index (χ1n) is 12.5. The first kappa shape index (κ1) is 28.8. The minimum Gasteiger partial charge on any atom is -0.483 e. The van der Waals surface area contributed by atoms with Crippen molar-refractivity contribution in [2.24, 2.45) is 0 Å². The van der Waals surface area contributed by atoms with Gasteiger partial charge < -0.3 is 15.0 Å². The third-order valence-electron chi connectivity index (χ3n) is 6.61. The van der Waals surface area contributed by atoms with Gasteiger partial charge in [0.05, 0.1) is 4.47 Å². The summed E-state index contributed by atoms with van der Waals surface area (Å²) in [4.78, 5) is 29.1. The number of carbonyl (C=O) groups excluding carboxylic acids is 2. The van der Waals surface area contributed by atoms with E-state index in [1.807, 2.05) is 30.3 Å². The number of ether oxygens (including phenoxy) is 1. The smallest absolute Gasteiger partial charge is 0.261 e. The van der Waals surface area contributed by atoms with Crippen LogP contribution in [0.4, 0.5) is 0 Å². The number of hydrogen-bond donors (Lipinski definition) is 1. The van der Waals surface area contributed by atoms with Crippen molar-refractivity contribution in [3.63, 3.8) is 0 Å². The first-order chi connectivity index (χ1) is 18.3. The summed E-state index contributed by atoms with van der Waals surface area (Å²) in [5.41, 5.74) is 1.51. The zero-order chi connectivity index (χ0) is 27.1. The maximum Gasteiger partial charge on any atom is 0.261 e. The van der Waals surface area contributed by atoms with Gasteiger partial charge in [0.25, 0.3) is 5.91 Å². The maximum atomic E-state index is 13.8. The van der Waals surface area contributed by atoms with Crippen molar-refractivity contribution >= 4 is 62.5 Å². The Morgan fingerprint density at radius 1 is 0.974 bits per heavy atom. The molecule has 9 heteroatoms. The van der Waals surface area contributed by atoms with Gasteiger partial charge in [-0.1, -0.05) is 84.0 Å². The van der Waals surface area contributed by atoms with Crippen molar-refractivity contribution in [1.82, 2.24) is 10.2 Å². The Balaban J connectivity index is 1.66. The molecule has 5 nitrogen and oxygen atoms in total. The molecule has 3 aromatic rings. The van der Waals surface area contributed by atoms with Crippen LogP contribution in [0.1, 0.15) is 36.8 Å². The fraction of sp³-hybridized carbons (Fsp3) is 0.310. The Morgan fingerprint density at radius 2 is 1.66 bits per heavy atom. The molecule has 1 fully saturated rings. The average molecular weight is 639 g/mol. The van der Waals surface area contributed by atoms with E-state index in [-0.39, 0.29) is 31.0 Å². The Hall–Kier alpha value is -2.25. The zero-order valence-corrected chi connectivity index (χ0v) is 24.5. The second kappa shape index (κ2) is 13.7. The Morgan fingerprint density at radius 3 is 2.32 bits per heavy atom. The van der Waals surface area contributed by atoms with Gasteiger partial charge in [0.1, 0.15) is 11.8 Å². The molecule has 38 heavy (non-hydrogen) atoms. The molecule has 0 heterocycles. The molecule has 0 spiro atoms. The lowest BCUT2D eigenvalue weighted by molar-refractivity contribution is -0.143. The molecule has 0 aromatic heterocycles. The summed E-state index contributed by atoms with van der Waals surface area (Å²) in [7, 11) is 0. The molecule has 0 aliphatic heterocycles. The summed E-state index contributed by atoms with van der Waals surface area (Å²) < 4.78 is 6.48. The number of hydrogen-bond acceptors (Lipinski definition) is 3. The van der Waals surface area contributed by atoms with Gasteiger partial charge in [-0.05, 0) is 64.7 Å². The van der Waals surface area contributed by atoms with Crippen molar-refractivity contribution in [3.05, 3.63) is 97.4 Å². The molecule has 1 aliphatic rings. The highest BCUT2D eigenvalue weighted by Gasteiger charge is 2.33. The van der Waals surface area contributed by atoms with E-state index in [9.17, 15) is 9.59 Å². The van der Waals surface area contributed by atoms with Gasteiger partial charge in [-0.15, -0.1) is 0 Å². The molecule has 1 N–H and O–H groups in total. The summed E-state index contributed by atoms with van der Waals surface area (Å²) in [5, 5.41) is 4.56. The zero-order valence-electron chi connectivity index (χ0n) is 20.6. The van der Waals surface area contributed by atoms with E-state index in [1.165, 1.54) is 4.90 Å². The molecule has 4 rings (SSSR count). The van der Waals surface area contributed by atoms with Crippen molar-refractivity contribution in [2.45, 2.75) is 50.7 Å². The summed E-state index contributed by atoms with van der Waals surface area (Å²) in [6.07, 6.45) is 4.35. The van der Waals surface area contributed by atoms with E-state index in [1.54, 1.807) is 36.4 Å². The van der Waals surface area contributed by atoms with Crippen LogP contribution in [0.2, 0.25) is 15.1 Å². The van der Waals surface area contributed by atoms with E-state index >= 15 is 0 Å². The number of carbonyl (C=O) groups is 2. The minimum absolute atomic E-state index is 0.0536. The Bertz CT molecular complexity index is 1250. The van der Waals surface area contributed by atoms with Gasteiger partial charge in [0.2, 0.25) is 5.91 Å². The van der Waals surface area contributed by atoms with Gasteiger partial charge in [0.15, 0.2) is 6.61 Å². The van der Waals surface area contributed by atoms with Crippen LogP contribution in [0.3, 0.4) is 0 Å². The van der Waals surface area contributed by atoms with Crippen LogP contribution >= 0.6 is 50.7 Å². The van der Waals surface area contributed by atoms with Crippen molar-refractivity contribution < 1.29 is 14.3 Å². The predicted octanol–water partition coefficient (Wildman–Crippen LogP) is 7.49. The number of nitrogens with zero attached hydrogens (tertiary/aromatic N) is 1. The summed E-state index contributed by atoms with van der Waals surface area (Å²) in [6, 6.07) is 19.2.